The van der Waals surface area contributed by atoms with Crippen molar-refractivity contribution in [3.63, 3.8) is 0 Å². The quantitative estimate of drug-likeness (QED) is 0.416. The zero-order valence-corrected chi connectivity index (χ0v) is 13.4. The van der Waals surface area contributed by atoms with Gasteiger partial charge >= 0.3 is 0 Å². The Morgan fingerprint density at radius 3 is 2.71 bits per heavy atom. The van der Waals surface area contributed by atoms with Crippen molar-refractivity contribution in [3.8, 4) is 0 Å². The van der Waals surface area contributed by atoms with Gasteiger partial charge in [0.2, 0.25) is 0 Å². The van der Waals surface area contributed by atoms with Crippen LogP contribution in [0.4, 0.5) is 0 Å². The highest BCUT2D eigenvalue weighted by Crippen LogP contribution is 2.14. The highest BCUT2D eigenvalue weighted by molar-refractivity contribution is 6.31. The largest absolute Gasteiger partial charge is 0.382 e. The van der Waals surface area contributed by atoms with E-state index in [1.807, 2.05) is 24.3 Å². The average molecular weight is 314 g/mol. The molecule has 0 aromatic heterocycles. The van der Waals surface area contributed by atoms with Crippen molar-refractivity contribution in [2.45, 2.75) is 13.0 Å². The number of nitrogens with one attached hydrogen (secondary N) is 2. The summed E-state index contributed by atoms with van der Waals surface area (Å²) in [5, 5.41) is 7.22. The van der Waals surface area contributed by atoms with E-state index in [-0.39, 0.29) is 0 Å². The van der Waals surface area contributed by atoms with Crippen molar-refractivity contribution in [3.05, 3.63) is 34.9 Å². The van der Waals surface area contributed by atoms with E-state index in [4.69, 9.17) is 21.1 Å². The monoisotopic (exact) mass is 313 g/mol. The third-order valence-corrected chi connectivity index (χ3v) is 3.19. The summed E-state index contributed by atoms with van der Waals surface area (Å²) in [6.45, 7) is 3.42. The van der Waals surface area contributed by atoms with E-state index in [2.05, 4.69) is 15.6 Å². The Morgan fingerprint density at radius 1 is 1.19 bits per heavy atom. The van der Waals surface area contributed by atoms with Crippen LogP contribution in [-0.4, -0.2) is 46.5 Å². The molecule has 1 aromatic rings. The summed E-state index contributed by atoms with van der Waals surface area (Å²) < 4.78 is 10.3. The van der Waals surface area contributed by atoms with Gasteiger partial charge in [-0.25, -0.2) is 0 Å². The van der Waals surface area contributed by atoms with E-state index in [1.54, 1.807) is 14.2 Å². The van der Waals surface area contributed by atoms with E-state index >= 15 is 0 Å². The van der Waals surface area contributed by atoms with Gasteiger partial charge in [0.15, 0.2) is 5.96 Å². The van der Waals surface area contributed by atoms with Crippen molar-refractivity contribution in [2.75, 3.05) is 40.5 Å². The zero-order valence-electron chi connectivity index (χ0n) is 12.7. The molecule has 0 aliphatic rings. The molecule has 0 atom stereocenters. The molecule has 21 heavy (non-hydrogen) atoms. The molecular formula is C15H24ClN3O2. The Kier molecular flexibility index (Phi) is 9.61. The molecule has 1 aromatic carbocycles. The van der Waals surface area contributed by atoms with Crippen LogP contribution in [0.2, 0.25) is 5.02 Å². The van der Waals surface area contributed by atoms with Crippen molar-refractivity contribution in [1.82, 2.24) is 10.6 Å². The van der Waals surface area contributed by atoms with Gasteiger partial charge in [-0.15, -0.1) is 0 Å². The molecule has 2 N–H and O–H groups in total. The van der Waals surface area contributed by atoms with Crippen LogP contribution in [0.3, 0.4) is 0 Å². The molecule has 0 spiro atoms. The number of hydrogen-bond donors (Lipinski definition) is 2. The highest BCUT2D eigenvalue weighted by atomic mass is 35.5. The molecule has 6 heteroatoms. The predicted molar refractivity (Wildman–Crippen MR) is 87.0 cm³/mol. The van der Waals surface area contributed by atoms with Gasteiger partial charge in [0.05, 0.1) is 13.2 Å². The standard InChI is InChI=1S/C15H24ClN3O2/c1-17-15(18-8-5-9-21-11-10-20-2)19-12-13-6-3-4-7-14(13)16/h3-4,6-7H,5,8-12H2,1-2H3,(H2,17,18,19). The second-order valence-corrected chi connectivity index (χ2v) is 4.81. The van der Waals surface area contributed by atoms with Crippen LogP contribution in [-0.2, 0) is 16.0 Å². The molecule has 1 rings (SSSR count). The molecule has 0 amide bonds. The van der Waals surface area contributed by atoms with Crippen LogP contribution in [0, 0.1) is 0 Å². The fourth-order valence-electron chi connectivity index (χ4n) is 1.67. The fourth-order valence-corrected chi connectivity index (χ4v) is 1.87. The summed E-state index contributed by atoms with van der Waals surface area (Å²) in [4.78, 5) is 4.17. The number of halogens is 1. The molecule has 0 aliphatic heterocycles. The second-order valence-electron chi connectivity index (χ2n) is 4.40. The van der Waals surface area contributed by atoms with E-state index in [1.165, 1.54) is 0 Å². The summed E-state index contributed by atoms with van der Waals surface area (Å²) in [6.07, 6.45) is 0.913. The first-order valence-electron chi connectivity index (χ1n) is 7.02. The van der Waals surface area contributed by atoms with Gasteiger partial charge in [0.1, 0.15) is 0 Å². The third kappa shape index (κ3) is 7.90. The lowest BCUT2D eigenvalue weighted by Crippen LogP contribution is -2.37. The first-order valence-corrected chi connectivity index (χ1v) is 7.40. The Bertz CT molecular complexity index is 427. The topological polar surface area (TPSA) is 54.9 Å². The normalized spacial score (nSPS) is 11.5. The number of benzene rings is 1. The van der Waals surface area contributed by atoms with Gasteiger partial charge in [-0.1, -0.05) is 29.8 Å². The molecule has 0 heterocycles. The maximum atomic E-state index is 6.11. The lowest BCUT2D eigenvalue weighted by molar-refractivity contribution is 0.0698. The molecule has 0 aliphatic carbocycles. The van der Waals surface area contributed by atoms with E-state index in [9.17, 15) is 0 Å². The van der Waals surface area contributed by atoms with Gasteiger partial charge in [0.25, 0.3) is 0 Å². The van der Waals surface area contributed by atoms with Gasteiger partial charge in [-0.05, 0) is 18.1 Å². The SMILES string of the molecule is CN=C(NCCCOCCOC)NCc1ccccc1Cl. The van der Waals surface area contributed by atoms with Crippen molar-refractivity contribution in [1.29, 1.82) is 0 Å². The predicted octanol–water partition coefficient (Wildman–Crippen LogP) is 2.06. The van der Waals surface area contributed by atoms with Crippen molar-refractivity contribution >= 4 is 17.6 Å². The first kappa shape index (κ1) is 17.8. The molecule has 0 radical (unpaired) electrons. The number of hydrogen-bond acceptors (Lipinski definition) is 3. The maximum absolute atomic E-state index is 6.11. The lowest BCUT2D eigenvalue weighted by Gasteiger charge is -2.12. The Hall–Kier alpha value is -1.30. The molecule has 5 nitrogen and oxygen atoms in total. The van der Waals surface area contributed by atoms with Gasteiger partial charge in [-0.2, -0.15) is 0 Å². The maximum Gasteiger partial charge on any atom is 0.191 e. The van der Waals surface area contributed by atoms with Crippen LogP contribution in [0.25, 0.3) is 0 Å². The van der Waals surface area contributed by atoms with E-state index in [0.29, 0.717) is 26.4 Å². The molecule has 0 unspecified atom stereocenters. The van der Waals surface area contributed by atoms with Crippen LogP contribution in [0.5, 0.6) is 0 Å². The summed E-state index contributed by atoms with van der Waals surface area (Å²) in [5.74, 6) is 0.756. The molecular weight excluding hydrogens is 290 g/mol. The van der Waals surface area contributed by atoms with Crippen LogP contribution in [0.15, 0.2) is 29.3 Å². The molecule has 0 saturated heterocycles. The number of methoxy groups -OCH3 is 1. The number of rotatable bonds is 9. The fraction of sp³-hybridized carbons (Fsp3) is 0.533. The third-order valence-electron chi connectivity index (χ3n) is 2.82. The van der Waals surface area contributed by atoms with Crippen LogP contribution < -0.4 is 10.6 Å². The average Bonchev–Trinajstić information content (AvgIpc) is 2.51. The number of ether oxygens (including phenoxy) is 2. The summed E-state index contributed by atoms with van der Waals surface area (Å²) in [7, 11) is 3.41. The highest BCUT2D eigenvalue weighted by Gasteiger charge is 2.01. The number of nitrogens with zero attached hydrogens (tertiary/aromatic N) is 1. The first-order chi connectivity index (χ1) is 10.3. The minimum atomic E-state index is 0.633. The number of aliphatic imine (C=N–C) groups is 1. The minimum absolute atomic E-state index is 0.633. The van der Waals surface area contributed by atoms with Gasteiger partial charge < -0.3 is 20.1 Å². The molecule has 0 saturated carbocycles. The van der Waals surface area contributed by atoms with Gasteiger partial charge in [-0.3, -0.25) is 4.99 Å². The summed E-state index contributed by atoms with van der Waals surface area (Å²) in [6, 6.07) is 7.76. The lowest BCUT2D eigenvalue weighted by atomic mass is 10.2. The van der Waals surface area contributed by atoms with Crippen LogP contribution >= 0.6 is 11.6 Å². The molecule has 0 fully saturated rings. The summed E-state index contributed by atoms with van der Waals surface area (Å²) in [5.41, 5.74) is 1.05. The second kappa shape index (κ2) is 11.4. The summed E-state index contributed by atoms with van der Waals surface area (Å²) >= 11 is 6.11. The zero-order chi connectivity index (χ0) is 15.3. The van der Waals surface area contributed by atoms with E-state index in [0.717, 1.165) is 29.5 Å². The van der Waals surface area contributed by atoms with Crippen molar-refractivity contribution in [2.24, 2.45) is 4.99 Å². The minimum Gasteiger partial charge on any atom is -0.382 e. The van der Waals surface area contributed by atoms with Crippen LogP contribution in [0.1, 0.15) is 12.0 Å². The van der Waals surface area contributed by atoms with Crippen molar-refractivity contribution < 1.29 is 9.47 Å². The molecule has 0 bridgehead atoms. The Balaban J connectivity index is 2.16. The van der Waals surface area contributed by atoms with E-state index < -0.39 is 0 Å². The Labute approximate surface area is 131 Å². The molecule has 118 valence electrons. The van der Waals surface area contributed by atoms with Gasteiger partial charge in [0, 0.05) is 38.9 Å². The Morgan fingerprint density at radius 2 is 2.00 bits per heavy atom. The number of guanidine groups is 1. The smallest absolute Gasteiger partial charge is 0.191 e.